The average Bonchev–Trinajstić information content (AvgIpc) is 2.74. The average molecular weight is 225 g/mol. The van der Waals surface area contributed by atoms with Gasteiger partial charge in [-0.2, -0.15) is 0 Å². The zero-order valence-electron chi connectivity index (χ0n) is 10.7. The first-order valence-corrected chi connectivity index (χ1v) is 6.38. The standard InChI is InChI=1S/C13H23NO2/c1-12(2,3)16-11(15)14-9-8-13(10-14)6-4-5-7-13/h4-10H2,1-3H3. The molecule has 16 heavy (non-hydrogen) atoms. The van der Waals surface area contributed by atoms with Crippen molar-refractivity contribution in [2.24, 2.45) is 5.41 Å². The first-order valence-electron chi connectivity index (χ1n) is 6.38. The third-order valence-corrected chi connectivity index (χ3v) is 3.75. The lowest BCUT2D eigenvalue weighted by Gasteiger charge is -2.26. The van der Waals surface area contributed by atoms with Gasteiger partial charge in [-0.15, -0.1) is 0 Å². The second kappa shape index (κ2) is 3.94. The van der Waals surface area contributed by atoms with E-state index >= 15 is 0 Å². The van der Waals surface area contributed by atoms with Crippen molar-refractivity contribution in [3.63, 3.8) is 0 Å². The molecule has 0 aromatic rings. The van der Waals surface area contributed by atoms with Crippen molar-refractivity contribution in [1.29, 1.82) is 0 Å². The van der Waals surface area contributed by atoms with Crippen LogP contribution < -0.4 is 0 Å². The molecule has 1 aliphatic heterocycles. The highest BCUT2D eigenvalue weighted by Crippen LogP contribution is 2.45. The van der Waals surface area contributed by atoms with Crippen LogP contribution in [0.4, 0.5) is 4.79 Å². The molecule has 3 heteroatoms. The Morgan fingerprint density at radius 1 is 1.19 bits per heavy atom. The van der Waals surface area contributed by atoms with Crippen LogP contribution in [0.15, 0.2) is 0 Å². The molecule has 0 aromatic carbocycles. The van der Waals surface area contributed by atoms with Crippen LogP contribution in [0.2, 0.25) is 0 Å². The Bertz CT molecular complexity index is 274. The predicted octanol–water partition coefficient (Wildman–Crippen LogP) is 3.19. The lowest BCUT2D eigenvalue weighted by molar-refractivity contribution is 0.0273. The second-order valence-corrected chi connectivity index (χ2v) is 6.36. The van der Waals surface area contributed by atoms with Gasteiger partial charge in [0, 0.05) is 13.1 Å². The third kappa shape index (κ3) is 2.50. The lowest BCUT2D eigenvalue weighted by Crippen LogP contribution is -2.36. The fraction of sp³-hybridized carbons (Fsp3) is 0.923. The van der Waals surface area contributed by atoms with Gasteiger partial charge < -0.3 is 9.64 Å². The highest BCUT2D eigenvalue weighted by molar-refractivity contribution is 5.68. The molecule has 1 saturated carbocycles. The summed E-state index contributed by atoms with van der Waals surface area (Å²) in [6.07, 6.45) is 6.31. The topological polar surface area (TPSA) is 29.5 Å². The summed E-state index contributed by atoms with van der Waals surface area (Å²) < 4.78 is 5.41. The van der Waals surface area contributed by atoms with E-state index in [1.165, 1.54) is 32.1 Å². The van der Waals surface area contributed by atoms with E-state index in [0.717, 1.165) is 13.1 Å². The van der Waals surface area contributed by atoms with Crippen LogP contribution in [-0.2, 0) is 4.74 Å². The van der Waals surface area contributed by atoms with Crippen molar-refractivity contribution in [2.45, 2.75) is 58.5 Å². The third-order valence-electron chi connectivity index (χ3n) is 3.75. The Morgan fingerprint density at radius 2 is 1.81 bits per heavy atom. The van der Waals surface area contributed by atoms with Crippen molar-refractivity contribution in [2.75, 3.05) is 13.1 Å². The minimum atomic E-state index is -0.373. The molecule has 3 nitrogen and oxygen atoms in total. The van der Waals surface area contributed by atoms with E-state index in [4.69, 9.17) is 4.74 Å². The van der Waals surface area contributed by atoms with Crippen LogP contribution in [0, 0.1) is 5.41 Å². The van der Waals surface area contributed by atoms with Gasteiger partial charge in [0.05, 0.1) is 0 Å². The van der Waals surface area contributed by atoms with Crippen LogP contribution in [0.5, 0.6) is 0 Å². The Labute approximate surface area is 98.1 Å². The van der Waals surface area contributed by atoms with E-state index in [2.05, 4.69) is 0 Å². The summed E-state index contributed by atoms with van der Waals surface area (Å²) in [5.74, 6) is 0. The van der Waals surface area contributed by atoms with E-state index in [1.54, 1.807) is 0 Å². The van der Waals surface area contributed by atoms with Crippen LogP contribution in [-0.4, -0.2) is 29.7 Å². The van der Waals surface area contributed by atoms with E-state index < -0.39 is 0 Å². The van der Waals surface area contributed by atoms with Gasteiger partial charge in [-0.25, -0.2) is 4.79 Å². The summed E-state index contributed by atoms with van der Waals surface area (Å²) in [6, 6.07) is 0. The molecule has 0 atom stereocenters. The van der Waals surface area contributed by atoms with Gasteiger partial charge in [0.1, 0.15) is 5.60 Å². The van der Waals surface area contributed by atoms with Crippen molar-refractivity contribution in [3.05, 3.63) is 0 Å². The Morgan fingerprint density at radius 3 is 2.38 bits per heavy atom. The lowest BCUT2D eigenvalue weighted by atomic mass is 9.86. The number of likely N-dealkylation sites (tertiary alicyclic amines) is 1. The van der Waals surface area contributed by atoms with E-state index in [1.807, 2.05) is 25.7 Å². The summed E-state index contributed by atoms with van der Waals surface area (Å²) >= 11 is 0. The molecule has 0 aromatic heterocycles. The van der Waals surface area contributed by atoms with Gasteiger partial charge >= 0.3 is 6.09 Å². The van der Waals surface area contributed by atoms with Crippen LogP contribution >= 0.6 is 0 Å². The summed E-state index contributed by atoms with van der Waals surface area (Å²) in [7, 11) is 0. The van der Waals surface area contributed by atoms with Crippen LogP contribution in [0.1, 0.15) is 52.9 Å². The smallest absolute Gasteiger partial charge is 0.410 e. The first-order chi connectivity index (χ1) is 7.40. The highest BCUT2D eigenvalue weighted by atomic mass is 16.6. The summed E-state index contributed by atoms with van der Waals surface area (Å²) in [6.45, 7) is 7.57. The summed E-state index contributed by atoms with van der Waals surface area (Å²) in [5.41, 5.74) is 0.0689. The largest absolute Gasteiger partial charge is 0.444 e. The zero-order valence-corrected chi connectivity index (χ0v) is 10.7. The molecule has 2 rings (SSSR count). The molecule has 1 heterocycles. The molecule has 92 valence electrons. The van der Waals surface area contributed by atoms with Crippen molar-refractivity contribution < 1.29 is 9.53 Å². The quantitative estimate of drug-likeness (QED) is 0.633. The Balaban J connectivity index is 1.91. The first kappa shape index (κ1) is 11.7. The van der Waals surface area contributed by atoms with E-state index in [-0.39, 0.29) is 11.7 Å². The number of nitrogens with zero attached hydrogens (tertiary/aromatic N) is 1. The molecular weight excluding hydrogens is 202 g/mol. The van der Waals surface area contributed by atoms with E-state index in [9.17, 15) is 4.79 Å². The Kier molecular flexibility index (Phi) is 2.89. The molecule has 0 N–H and O–H groups in total. The van der Waals surface area contributed by atoms with Crippen LogP contribution in [0.25, 0.3) is 0 Å². The second-order valence-electron chi connectivity index (χ2n) is 6.36. The van der Waals surface area contributed by atoms with Gasteiger partial charge in [0.15, 0.2) is 0 Å². The van der Waals surface area contributed by atoms with Crippen molar-refractivity contribution in [3.8, 4) is 0 Å². The number of hydrogen-bond acceptors (Lipinski definition) is 2. The van der Waals surface area contributed by atoms with Crippen LogP contribution in [0.3, 0.4) is 0 Å². The summed E-state index contributed by atoms with van der Waals surface area (Å²) in [4.78, 5) is 13.8. The minimum absolute atomic E-state index is 0.128. The molecule has 0 bridgehead atoms. The molecule has 1 saturated heterocycles. The normalized spacial score (nSPS) is 24.1. The van der Waals surface area contributed by atoms with Gasteiger partial charge in [0.25, 0.3) is 0 Å². The molecule has 2 aliphatic rings. The van der Waals surface area contributed by atoms with Crippen molar-refractivity contribution in [1.82, 2.24) is 4.90 Å². The molecular formula is C13H23NO2. The molecule has 1 aliphatic carbocycles. The minimum Gasteiger partial charge on any atom is -0.444 e. The van der Waals surface area contributed by atoms with Crippen molar-refractivity contribution >= 4 is 6.09 Å². The molecule has 1 amide bonds. The fourth-order valence-corrected chi connectivity index (χ4v) is 2.95. The van der Waals surface area contributed by atoms with Gasteiger partial charge in [-0.3, -0.25) is 0 Å². The predicted molar refractivity (Wildman–Crippen MR) is 63.3 cm³/mol. The number of ether oxygens (including phenoxy) is 1. The molecule has 0 radical (unpaired) electrons. The van der Waals surface area contributed by atoms with E-state index in [0.29, 0.717) is 5.41 Å². The zero-order chi connectivity index (χ0) is 11.8. The Hall–Kier alpha value is -0.730. The maximum atomic E-state index is 11.9. The van der Waals surface area contributed by atoms with Gasteiger partial charge in [-0.1, -0.05) is 12.8 Å². The summed E-state index contributed by atoms with van der Waals surface area (Å²) in [5, 5.41) is 0. The molecule has 1 spiro atoms. The SMILES string of the molecule is CC(C)(C)OC(=O)N1CCC2(CCCC2)C1. The van der Waals surface area contributed by atoms with Gasteiger partial charge in [0.2, 0.25) is 0 Å². The molecule has 2 fully saturated rings. The molecule has 0 unspecified atom stereocenters. The monoisotopic (exact) mass is 225 g/mol. The highest BCUT2D eigenvalue weighted by Gasteiger charge is 2.42. The number of rotatable bonds is 0. The maximum absolute atomic E-state index is 11.9. The number of amides is 1. The number of carbonyl (C=O) groups is 1. The fourth-order valence-electron chi connectivity index (χ4n) is 2.95. The maximum Gasteiger partial charge on any atom is 0.410 e. The van der Waals surface area contributed by atoms with Gasteiger partial charge in [-0.05, 0) is 45.4 Å². The number of carbonyl (C=O) groups excluding carboxylic acids is 1. The number of hydrogen-bond donors (Lipinski definition) is 0.